The van der Waals surface area contributed by atoms with Gasteiger partial charge in [-0.2, -0.15) is 5.10 Å². The van der Waals surface area contributed by atoms with Crippen LogP contribution in [0.1, 0.15) is 25.5 Å². The molecule has 0 amide bonds. The Labute approximate surface area is 116 Å². The van der Waals surface area contributed by atoms with Gasteiger partial charge < -0.3 is 10.0 Å². The summed E-state index contributed by atoms with van der Waals surface area (Å²) in [7, 11) is 1.60. The highest BCUT2D eigenvalue weighted by Gasteiger charge is 2.40. The van der Waals surface area contributed by atoms with Crippen molar-refractivity contribution in [2.24, 2.45) is 13.0 Å². The van der Waals surface area contributed by atoms with Gasteiger partial charge in [-0.15, -0.1) is 0 Å². The molecule has 1 aliphatic rings. The van der Waals surface area contributed by atoms with Crippen LogP contribution in [0.25, 0.3) is 0 Å². The lowest BCUT2D eigenvalue weighted by Crippen LogP contribution is -2.50. The van der Waals surface area contributed by atoms with Crippen LogP contribution in [0.15, 0.2) is 0 Å². The second kappa shape index (κ2) is 5.10. The number of hydrogen-bond donors (Lipinski definition) is 1. The van der Waals surface area contributed by atoms with Crippen molar-refractivity contribution in [3.05, 3.63) is 15.8 Å². The summed E-state index contributed by atoms with van der Waals surface area (Å²) in [6, 6.07) is -0.753. The number of carboxylic acid groups (broad SMARTS) is 1. The van der Waals surface area contributed by atoms with Crippen LogP contribution in [0.2, 0.25) is 0 Å². The number of aliphatic carboxylic acids is 1. The number of piperidine rings is 1. The summed E-state index contributed by atoms with van der Waals surface area (Å²) < 4.78 is 1.40. The summed E-state index contributed by atoms with van der Waals surface area (Å²) in [6.45, 7) is 3.91. The maximum atomic E-state index is 11.5. The van der Waals surface area contributed by atoms with E-state index in [1.807, 2.05) is 6.92 Å². The zero-order valence-corrected chi connectivity index (χ0v) is 11.7. The Morgan fingerprint density at radius 2 is 2.20 bits per heavy atom. The molecule has 0 bridgehead atoms. The number of hydrogen-bond acceptors (Lipinski definition) is 5. The Bertz CT molecular complexity index is 554. The molecule has 2 rings (SSSR count). The molecule has 2 atom stereocenters. The summed E-state index contributed by atoms with van der Waals surface area (Å²) in [5, 5.41) is 24.7. The topological polar surface area (TPSA) is 102 Å². The minimum Gasteiger partial charge on any atom is -0.480 e. The fourth-order valence-corrected chi connectivity index (χ4v) is 2.97. The molecule has 0 radical (unpaired) electrons. The van der Waals surface area contributed by atoms with Gasteiger partial charge >= 0.3 is 11.7 Å². The molecule has 2 heterocycles. The van der Waals surface area contributed by atoms with Gasteiger partial charge in [-0.3, -0.25) is 10.1 Å². The first-order valence-corrected chi connectivity index (χ1v) is 6.52. The summed E-state index contributed by atoms with van der Waals surface area (Å²) in [6.07, 6.45) is 1.62. The highest BCUT2D eigenvalue weighted by Crippen LogP contribution is 2.36. The minimum atomic E-state index is -0.953. The number of rotatable bonds is 3. The van der Waals surface area contributed by atoms with Gasteiger partial charge in [0.05, 0.1) is 4.92 Å². The second-order valence-electron chi connectivity index (χ2n) is 5.23. The fourth-order valence-electron chi connectivity index (χ4n) is 2.97. The number of anilines is 1. The van der Waals surface area contributed by atoms with Crippen molar-refractivity contribution in [2.75, 3.05) is 11.4 Å². The van der Waals surface area contributed by atoms with Gasteiger partial charge in [0.2, 0.25) is 5.82 Å². The Balaban J connectivity index is 2.53. The molecule has 0 spiro atoms. The average molecular weight is 282 g/mol. The van der Waals surface area contributed by atoms with Crippen LogP contribution < -0.4 is 4.90 Å². The lowest BCUT2D eigenvalue weighted by molar-refractivity contribution is -0.384. The number of nitro groups is 1. The van der Waals surface area contributed by atoms with Crippen molar-refractivity contribution in [1.29, 1.82) is 0 Å². The normalized spacial score (nSPS) is 22.9. The minimum absolute atomic E-state index is 0.0592. The predicted molar refractivity (Wildman–Crippen MR) is 71.8 cm³/mol. The first-order chi connectivity index (χ1) is 9.34. The SMILES string of the molecule is Cc1nn(C)c(N2CCCC(C)C2C(=O)O)c1[N+](=O)[O-]. The van der Waals surface area contributed by atoms with Gasteiger partial charge in [0, 0.05) is 13.6 Å². The summed E-state index contributed by atoms with van der Waals surface area (Å²) in [5.41, 5.74) is 0.197. The fraction of sp³-hybridized carbons (Fsp3) is 0.667. The maximum absolute atomic E-state index is 11.5. The third-order valence-electron chi connectivity index (χ3n) is 3.80. The van der Waals surface area contributed by atoms with Crippen LogP contribution in [-0.2, 0) is 11.8 Å². The molecule has 1 N–H and O–H groups in total. The Kier molecular flexibility index (Phi) is 3.65. The van der Waals surface area contributed by atoms with Crippen molar-refractivity contribution < 1.29 is 14.8 Å². The molecule has 2 unspecified atom stereocenters. The summed E-state index contributed by atoms with van der Waals surface area (Å²) in [4.78, 5) is 23.9. The molecular formula is C12H18N4O4. The molecule has 0 aromatic carbocycles. The molecule has 1 aliphatic heterocycles. The Morgan fingerprint density at radius 3 is 2.75 bits per heavy atom. The largest absolute Gasteiger partial charge is 0.480 e. The van der Waals surface area contributed by atoms with Gasteiger partial charge in [-0.25, -0.2) is 9.48 Å². The molecule has 20 heavy (non-hydrogen) atoms. The van der Waals surface area contributed by atoms with E-state index in [9.17, 15) is 20.0 Å². The quantitative estimate of drug-likeness (QED) is 0.662. The molecule has 0 aliphatic carbocycles. The molecule has 1 aromatic rings. The highest BCUT2D eigenvalue weighted by atomic mass is 16.6. The smallest absolute Gasteiger partial charge is 0.333 e. The van der Waals surface area contributed by atoms with Gasteiger partial charge in [0.25, 0.3) is 0 Å². The van der Waals surface area contributed by atoms with Crippen LogP contribution in [0.5, 0.6) is 0 Å². The number of carbonyl (C=O) groups is 1. The summed E-state index contributed by atoms with van der Waals surface area (Å²) in [5.74, 6) is -0.729. The van der Waals surface area contributed by atoms with E-state index in [0.717, 1.165) is 12.8 Å². The van der Waals surface area contributed by atoms with Crippen molar-refractivity contribution >= 4 is 17.5 Å². The van der Waals surface area contributed by atoms with Crippen LogP contribution in [0.3, 0.4) is 0 Å². The van der Waals surface area contributed by atoms with E-state index in [-0.39, 0.29) is 17.4 Å². The van der Waals surface area contributed by atoms with Gasteiger partial charge in [0.1, 0.15) is 11.7 Å². The van der Waals surface area contributed by atoms with Crippen molar-refractivity contribution in [3.63, 3.8) is 0 Å². The maximum Gasteiger partial charge on any atom is 0.333 e. The number of aromatic nitrogens is 2. The average Bonchev–Trinajstić information content (AvgIpc) is 2.63. The van der Waals surface area contributed by atoms with E-state index < -0.39 is 16.9 Å². The van der Waals surface area contributed by atoms with Crippen molar-refractivity contribution in [1.82, 2.24) is 9.78 Å². The van der Waals surface area contributed by atoms with E-state index in [1.165, 1.54) is 4.68 Å². The number of aryl methyl sites for hydroxylation is 2. The Hall–Kier alpha value is -2.12. The van der Waals surface area contributed by atoms with E-state index >= 15 is 0 Å². The zero-order valence-electron chi connectivity index (χ0n) is 11.7. The van der Waals surface area contributed by atoms with Crippen LogP contribution in [0, 0.1) is 23.0 Å². The van der Waals surface area contributed by atoms with E-state index in [2.05, 4.69) is 5.10 Å². The van der Waals surface area contributed by atoms with Gasteiger partial charge in [-0.05, 0) is 25.7 Å². The monoisotopic (exact) mass is 282 g/mol. The molecule has 0 saturated carbocycles. The van der Waals surface area contributed by atoms with Crippen molar-refractivity contribution in [3.8, 4) is 0 Å². The molecule has 8 heteroatoms. The molecule has 8 nitrogen and oxygen atoms in total. The first kappa shape index (κ1) is 14.3. The third kappa shape index (κ3) is 2.21. The molecule has 110 valence electrons. The van der Waals surface area contributed by atoms with Gasteiger partial charge in [0.15, 0.2) is 0 Å². The standard InChI is InChI=1S/C12H18N4O4/c1-7-5-4-6-15(9(7)12(17)18)11-10(16(19)20)8(2)13-14(11)3/h7,9H,4-6H2,1-3H3,(H,17,18). The van der Waals surface area contributed by atoms with Crippen LogP contribution in [-0.4, -0.2) is 38.4 Å². The number of carboxylic acids is 1. The zero-order chi connectivity index (χ0) is 15.0. The first-order valence-electron chi connectivity index (χ1n) is 6.52. The van der Waals surface area contributed by atoms with E-state index in [4.69, 9.17) is 0 Å². The molecule has 1 saturated heterocycles. The van der Waals surface area contributed by atoms with E-state index in [0.29, 0.717) is 12.2 Å². The van der Waals surface area contributed by atoms with Crippen LogP contribution >= 0.6 is 0 Å². The second-order valence-corrected chi connectivity index (χ2v) is 5.23. The highest BCUT2D eigenvalue weighted by molar-refractivity contribution is 5.80. The lowest BCUT2D eigenvalue weighted by Gasteiger charge is -2.37. The molecule has 1 fully saturated rings. The molecular weight excluding hydrogens is 264 g/mol. The van der Waals surface area contributed by atoms with E-state index in [1.54, 1.807) is 18.9 Å². The Morgan fingerprint density at radius 1 is 1.55 bits per heavy atom. The van der Waals surface area contributed by atoms with Crippen molar-refractivity contribution in [2.45, 2.75) is 32.7 Å². The molecule has 1 aromatic heterocycles. The summed E-state index contributed by atoms with van der Waals surface area (Å²) >= 11 is 0. The van der Waals surface area contributed by atoms with Gasteiger partial charge in [-0.1, -0.05) is 6.92 Å². The predicted octanol–water partition coefficient (Wildman–Crippen LogP) is 1.33. The number of nitrogens with zero attached hydrogens (tertiary/aromatic N) is 4. The lowest BCUT2D eigenvalue weighted by atomic mass is 9.90. The van der Waals surface area contributed by atoms with Crippen LogP contribution in [0.4, 0.5) is 11.5 Å². The third-order valence-corrected chi connectivity index (χ3v) is 3.80.